The summed E-state index contributed by atoms with van der Waals surface area (Å²) in [5.41, 5.74) is 4.19. The van der Waals surface area contributed by atoms with E-state index < -0.39 is 0 Å². The van der Waals surface area contributed by atoms with Crippen LogP contribution in [-0.4, -0.2) is 9.55 Å². The van der Waals surface area contributed by atoms with Gasteiger partial charge in [0.2, 0.25) is 0 Å². The minimum atomic E-state index is 0.683. The van der Waals surface area contributed by atoms with Gasteiger partial charge >= 0.3 is 0 Å². The lowest BCUT2D eigenvalue weighted by Gasteiger charge is -2.08. The molecule has 3 nitrogen and oxygen atoms in total. The third-order valence-corrected chi connectivity index (χ3v) is 3.46. The summed E-state index contributed by atoms with van der Waals surface area (Å²) >= 11 is 0. The molecule has 1 aromatic heterocycles. The molecule has 0 saturated carbocycles. The molecular formula is C18H15N3. The molecule has 0 aliphatic carbocycles. The average molecular weight is 273 g/mol. The number of hydrogen-bond acceptors (Lipinski definition) is 2. The first-order valence-electron chi connectivity index (χ1n) is 6.83. The Kier molecular flexibility index (Phi) is 3.53. The largest absolute Gasteiger partial charge is 0.327 e. The average Bonchev–Trinajstić information content (AvgIpc) is 2.97. The van der Waals surface area contributed by atoms with Crippen LogP contribution in [0.4, 0.5) is 0 Å². The Morgan fingerprint density at radius 1 is 1.05 bits per heavy atom. The number of aromatic nitrogens is 2. The molecule has 0 fully saturated rings. The van der Waals surface area contributed by atoms with Crippen molar-refractivity contribution in [2.45, 2.75) is 13.5 Å². The highest BCUT2D eigenvalue weighted by atomic mass is 15.1. The zero-order valence-electron chi connectivity index (χ0n) is 11.8. The van der Waals surface area contributed by atoms with Crippen molar-refractivity contribution in [2.24, 2.45) is 0 Å². The molecule has 0 radical (unpaired) electrons. The Morgan fingerprint density at radius 2 is 1.76 bits per heavy atom. The van der Waals surface area contributed by atoms with Crippen molar-refractivity contribution in [1.29, 1.82) is 5.26 Å². The summed E-state index contributed by atoms with van der Waals surface area (Å²) in [6.45, 7) is 2.82. The first kappa shape index (κ1) is 13.1. The molecule has 3 rings (SSSR count). The topological polar surface area (TPSA) is 41.6 Å². The lowest BCUT2D eigenvalue weighted by molar-refractivity contribution is 0.807. The van der Waals surface area contributed by atoms with Gasteiger partial charge in [0.1, 0.15) is 5.82 Å². The molecule has 0 amide bonds. The van der Waals surface area contributed by atoms with E-state index in [1.807, 2.05) is 36.7 Å². The predicted molar refractivity (Wildman–Crippen MR) is 82.7 cm³/mol. The maximum absolute atomic E-state index is 8.84. The van der Waals surface area contributed by atoms with Gasteiger partial charge in [0, 0.05) is 24.5 Å². The van der Waals surface area contributed by atoms with Gasteiger partial charge in [-0.2, -0.15) is 5.26 Å². The molecule has 0 unspecified atom stereocenters. The number of nitriles is 1. The van der Waals surface area contributed by atoms with E-state index in [1.165, 1.54) is 5.56 Å². The van der Waals surface area contributed by atoms with Gasteiger partial charge in [0.25, 0.3) is 0 Å². The second-order valence-corrected chi connectivity index (χ2v) is 5.05. The maximum atomic E-state index is 8.84. The Labute approximate surface area is 124 Å². The highest BCUT2D eigenvalue weighted by Crippen LogP contribution is 2.19. The number of imidazole rings is 1. The number of hydrogen-bond donors (Lipinski definition) is 0. The van der Waals surface area contributed by atoms with Crippen molar-refractivity contribution in [1.82, 2.24) is 9.55 Å². The molecule has 0 saturated heterocycles. The molecular weight excluding hydrogens is 258 g/mol. The lowest BCUT2D eigenvalue weighted by atomic mass is 10.1. The summed E-state index contributed by atoms with van der Waals surface area (Å²) in [5.74, 6) is 0.958. The molecule has 0 N–H and O–H groups in total. The van der Waals surface area contributed by atoms with Crippen LogP contribution in [0.5, 0.6) is 0 Å². The lowest BCUT2D eigenvalue weighted by Crippen LogP contribution is -2.01. The summed E-state index contributed by atoms with van der Waals surface area (Å²) in [7, 11) is 0. The van der Waals surface area contributed by atoms with E-state index in [9.17, 15) is 0 Å². The maximum Gasteiger partial charge on any atom is 0.140 e. The molecule has 0 spiro atoms. The smallest absolute Gasteiger partial charge is 0.140 e. The zero-order chi connectivity index (χ0) is 14.7. The fourth-order valence-corrected chi connectivity index (χ4v) is 2.28. The fraction of sp³-hybridized carbons (Fsp3) is 0.111. The number of benzene rings is 2. The second kappa shape index (κ2) is 5.64. The first-order valence-corrected chi connectivity index (χ1v) is 6.83. The Bertz CT molecular complexity index is 775. The molecule has 21 heavy (non-hydrogen) atoms. The monoisotopic (exact) mass is 273 g/mol. The molecule has 3 heteroatoms. The molecule has 0 atom stereocenters. The molecule has 1 heterocycles. The Morgan fingerprint density at radius 3 is 2.43 bits per heavy atom. The third-order valence-electron chi connectivity index (χ3n) is 3.46. The van der Waals surface area contributed by atoms with Gasteiger partial charge in [-0.05, 0) is 24.6 Å². The number of rotatable bonds is 3. The summed E-state index contributed by atoms with van der Waals surface area (Å²) in [4.78, 5) is 4.46. The molecule has 0 aliphatic rings. The van der Waals surface area contributed by atoms with Crippen molar-refractivity contribution < 1.29 is 0 Å². The first-order chi connectivity index (χ1) is 10.3. The standard InChI is InChI=1S/C18H15N3/c1-14-2-8-17(9-3-14)18-20-10-11-21(18)13-16-6-4-15(12-19)5-7-16/h2-11H,13H2,1H3. The summed E-state index contributed by atoms with van der Waals surface area (Å²) in [5, 5.41) is 8.84. The SMILES string of the molecule is Cc1ccc(-c2nccn2Cc2ccc(C#N)cc2)cc1. The number of nitrogens with zero attached hydrogens (tertiary/aromatic N) is 3. The van der Waals surface area contributed by atoms with Crippen LogP contribution in [0.2, 0.25) is 0 Å². The van der Waals surface area contributed by atoms with Gasteiger partial charge in [-0.1, -0.05) is 42.0 Å². The van der Waals surface area contributed by atoms with Gasteiger partial charge in [-0.3, -0.25) is 0 Å². The van der Waals surface area contributed by atoms with Crippen LogP contribution in [0.25, 0.3) is 11.4 Å². The van der Waals surface area contributed by atoms with Crippen molar-refractivity contribution in [3.05, 3.63) is 77.6 Å². The summed E-state index contributed by atoms with van der Waals surface area (Å²) in [6.07, 6.45) is 3.80. The van der Waals surface area contributed by atoms with Gasteiger partial charge in [0.15, 0.2) is 0 Å². The van der Waals surface area contributed by atoms with Crippen molar-refractivity contribution >= 4 is 0 Å². The minimum Gasteiger partial charge on any atom is -0.327 e. The van der Waals surface area contributed by atoms with Crippen LogP contribution >= 0.6 is 0 Å². The van der Waals surface area contributed by atoms with E-state index in [4.69, 9.17) is 5.26 Å². The Balaban J connectivity index is 1.88. The predicted octanol–water partition coefficient (Wildman–Crippen LogP) is 3.78. The van der Waals surface area contributed by atoms with Gasteiger partial charge in [-0.25, -0.2) is 4.98 Å². The molecule has 102 valence electrons. The molecule has 2 aromatic carbocycles. The second-order valence-electron chi connectivity index (χ2n) is 5.05. The van der Waals surface area contributed by atoms with E-state index in [0.717, 1.165) is 23.5 Å². The molecule has 0 bridgehead atoms. The van der Waals surface area contributed by atoms with E-state index in [1.54, 1.807) is 0 Å². The van der Waals surface area contributed by atoms with E-state index in [-0.39, 0.29) is 0 Å². The third kappa shape index (κ3) is 2.85. The summed E-state index contributed by atoms with van der Waals surface area (Å²) < 4.78 is 2.12. The van der Waals surface area contributed by atoms with Crippen LogP contribution in [-0.2, 0) is 6.54 Å². The van der Waals surface area contributed by atoms with Gasteiger partial charge < -0.3 is 4.57 Å². The highest BCUT2D eigenvalue weighted by Gasteiger charge is 2.06. The normalized spacial score (nSPS) is 10.3. The van der Waals surface area contributed by atoms with Crippen molar-refractivity contribution in [2.75, 3.05) is 0 Å². The van der Waals surface area contributed by atoms with Crippen molar-refractivity contribution in [3.8, 4) is 17.5 Å². The Hall–Kier alpha value is -2.86. The quantitative estimate of drug-likeness (QED) is 0.728. The van der Waals surface area contributed by atoms with Crippen molar-refractivity contribution in [3.63, 3.8) is 0 Å². The number of aryl methyl sites for hydroxylation is 1. The molecule has 3 aromatic rings. The van der Waals surface area contributed by atoms with E-state index in [0.29, 0.717) is 5.56 Å². The van der Waals surface area contributed by atoms with Crippen LogP contribution < -0.4 is 0 Å². The van der Waals surface area contributed by atoms with Gasteiger partial charge in [0.05, 0.1) is 11.6 Å². The van der Waals surface area contributed by atoms with Crippen LogP contribution in [0.15, 0.2) is 60.9 Å². The van der Waals surface area contributed by atoms with E-state index >= 15 is 0 Å². The van der Waals surface area contributed by atoms with Crippen LogP contribution in [0.1, 0.15) is 16.7 Å². The van der Waals surface area contributed by atoms with E-state index in [2.05, 4.69) is 46.8 Å². The highest BCUT2D eigenvalue weighted by molar-refractivity contribution is 5.56. The fourth-order valence-electron chi connectivity index (χ4n) is 2.28. The summed E-state index contributed by atoms with van der Waals surface area (Å²) in [6, 6.07) is 18.2. The van der Waals surface area contributed by atoms with Gasteiger partial charge in [-0.15, -0.1) is 0 Å². The zero-order valence-corrected chi connectivity index (χ0v) is 11.8. The molecule has 0 aliphatic heterocycles. The minimum absolute atomic E-state index is 0.683. The van der Waals surface area contributed by atoms with Crippen LogP contribution in [0, 0.1) is 18.3 Å². The van der Waals surface area contributed by atoms with Crippen LogP contribution in [0.3, 0.4) is 0 Å².